The number of likely N-dealkylation sites (N-methyl/N-ethyl adjacent to an activating group) is 1. The first-order chi connectivity index (χ1) is 8.09. The molecule has 1 fully saturated rings. The lowest BCUT2D eigenvalue weighted by Gasteiger charge is -2.26. The third kappa shape index (κ3) is 2.37. The van der Waals surface area contributed by atoms with Crippen molar-refractivity contribution < 1.29 is 15.0 Å². The molecule has 3 N–H and O–H groups in total. The van der Waals surface area contributed by atoms with Gasteiger partial charge in [-0.2, -0.15) is 0 Å². The second kappa shape index (κ2) is 4.68. The SMILES string of the molecule is CN(C(=O)c1cncc(O)c1)[C@H]1CNC[C@@H]1O. The lowest BCUT2D eigenvalue weighted by atomic mass is 10.1. The van der Waals surface area contributed by atoms with Gasteiger partial charge in [0.15, 0.2) is 0 Å². The van der Waals surface area contributed by atoms with Crippen molar-refractivity contribution in [2.75, 3.05) is 20.1 Å². The Morgan fingerprint density at radius 2 is 2.29 bits per heavy atom. The fourth-order valence-electron chi connectivity index (χ4n) is 1.95. The van der Waals surface area contributed by atoms with Crippen LogP contribution in [0.1, 0.15) is 10.4 Å². The van der Waals surface area contributed by atoms with E-state index in [9.17, 15) is 15.0 Å². The molecule has 0 spiro atoms. The van der Waals surface area contributed by atoms with Crippen LogP contribution in [0.5, 0.6) is 5.75 Å². The summed E-state index contributed by atoms with van der Waals surface area (Å²) in [7, 11) is 1.63. The molecule has 2 atom stereocenters. The van der Waals surface area contributed by atoms with Crippen molar-refractivity contribution in [3.63, 3.8) is 0 Å². The molecule has 0 saturated carbocycles. The fraction of sp³-hybridized carbons (Fsp3) is 0.455. The quantitative estimate of drug-likeness (QED) is 0.626. The normalized spacial score (nSPS) is 23.6. The molecule has 1 aromatic rings. The van der Waals surface area contributed by atoms with E-state index >= 15 is 0 Å². The molecule has 1 saturated heterocycles. The summed E-state index contributed by atoms with van der Waals surface area (Å²) in [5.74, 6) is -0.310. The van der Waals surface area contributed by atoms with Gasteiger partial charge in [-0.15, -0.1) is 0 Å². The molecule has 1 aliphatic rings. The van der Waals surface area contributed by atoms with Crippen molar-refractivity contribution in [2.24, 2.45) is 0 Å². The molecule has 2 rings (SSSR count). The fourth-order valence-corrected chi connectivity index (χ4v) is 1.95. The second-order valence-electron chi connectivity index (χ2n) is 4.14. The summed E-state index contributed by atoms with van der Waals surface area (Å²) in [6.07, 6.45) is 2.10. The van der Waals surface area contributed by atoms with Gasteiger partial charge in [0.1, 0.15) is 5.75 Å². The molecule has 1 aliphatic heterocycles. The van der Waals surface area contributed by atoms with Crippen molar-refractivity contribution in [2.45, 2.75) is 12.1 Å². The molecule has 0 radical (unpaired) electrons. The summed E-state index contributed by atoms with van der Waals surface area (Å²) in [5, 5.41) is 22.0. The summed E-state index contributed by atoms with van der Waals surface area (Å²) in [4.78, 5) is 17.3. The first kappa shape index (κ1) is 11.8. The first-order valence-electron chi connectivity index (χ1n) is 5.39. The zero-order chi connectivity index (χ0) is 12.4. The summed E-state index contributed by atoms with van der Waals surface area (Å²) in [6, 6.07) is 1.12. The average Bonchev–Trinajstić information content (AvgIpc) is 2.73. The highest BCUT2D eigenvalue weighted by atomic mass is 16.3. The molecule has 92 valence electrons. The second-order valence-corrected chi connectivity index (χ2v) is 4.14. The number of aliphatic hydroxyl groups is 1. The van der Waals surface area contributed by atoms with E-state index in [1.54, 1.807) is 7.05 Å². The van der Waals surface area contributed by atoms with Crippen LogP contribution in [0.2, 0.25) is 0 Å². The van der Waals surface area contributed by atoms with Crippen molar-refractivity contribution in [3.8, 4) is 5.75 Å². The Balaban J connectivity index is 2.14. The van der Waals surface area contributed by atoms with Gasteiger partial charge >= 0.3 is 0 Å². The summed E-state index contributed by atoms with van der Waals surface area (Å²) in [5.41, 5.74) is 0.312. The Morgan fingerprint density at radius 3 is 2.88 bits per heavy atom. The van der Waals surface area contributed by atoms with Crippen LogP contribution in [0.15, 0.2) is 18.5 Å². The number of nitrogens with one attached hydrogen (secondary N) is 1. The summed E-state index contributed by atoms with van der Waals surface area (Å²) in [6.45, 7) is 1.05. The van der Waals surface area contributed by atoms with E-state index in [-0.39, 0.29) is 17.7 Å². The van der Waals surface area contributed by atoms with Gasteiger partial charge in [-0.3, -0.25) is 9.78 Å². The topological polar surface area (TPSA) is 85.7 Å². The number of hydrogen-bond acceptors (Lipinski definition) is 5. The van der Waals surface area contributed by atoms with Gasteiger partial charge in [0.2, 0.25) is 0 Å². The lowest BCUT2D eigenvalue weighted by Crippen LogP contribution is -2.44. The number of aliphatic hydroxyl groups excluding tert-OH is 1. The largest absolute Gasteiger partial charge is 0.506 e. The van der Waals surface area contributed by atoms with Gasteiger partial charge in [0, 0.05) is 26.3 Å². The van der Waals surface area contributed by atoms with Crippen LogP contribution in [-0.2, 0) is 0 Å². The number of pyridine rings is 1. The Labute approximate surface area is 98.9 Å². The number of carbonyl (C=O) groups excluding carboxylic acids is 1. The minimum Gasteiger partial charge on any atom is -0.506 e. The number of hydrogen-bond donors (Lipinski definition) is 3. The third-order valence-corrected chi connectivity index (χ3v) is 2.94. The molecular weight excluding hydrogens is 222 g/mol. The predicted octanol–water partition coefficient (Wildman–Crippen LogP) is -0.808. The number of rotatable bonds is 2. The van der Waals surface area contributed by atoms with E-state index in [1.807, 2.05) is 0 Å². The van der Waals surface area contributed by atoms with Crippen LogP contribution in [0.4, 0.5) is 0 Å². The zero-order valence-corrected chi connectivity index (χ0v) is 9.50. The molecule has 1 aromatic heterocycles. The van der Waals surface area contributed by atoms with Gasteiger partial charge in [0.05, 0.1) is 23.9 Å². The molecule has 1 amide bonds. The summed E-state index contributed by atoms with van der Waals surface area (Å²) >= 11 is 0. The van der Waals surface area contributed by atoms with Crippen molar-refractivity contribution in [1.82, 2.24) is 15.2 Å². The van der Waals surface area contributed by atoms with Crippen molar-refractivity contribution in [1.29, 1.82) is 0 Å². The van der Waals surface area contributed by atoms with Gasteiger partial charge in [-0.1, -0.05) is 0 Å². The monoisotopic (exact) mass is 237 g/mol. The molecular formula is C11H15N3O3. The predicted molar refractivity (Wildman–Crippen MR) is 60.7 cm³/mol. The first-order valence-corrected chi connectivity index (χ1v) is 5.39. The highest BCUT2D eigenvalue weighted by molar-refractivity contribution is 5.94. The summed E-state index contributed by atoms with van der Waals surface area (Å²) < 4.78 is 0. The van der Waals surface area contributed by atoms with E-state index in [0.29, 0.717) is 18.7 Å². The number of carbonyl (C=O) groups is 1. The zero-order valence-electron chi connectivity index (χ0n) is 9.50. The molecule has 0 unspecified atom stereocenters. The Hall–Kier alpha value is -1.66. The maximum absolute atomic E-state index is 12.1. The smallest absolute Gasteiger partial charge is 0.255 e. The van der Waals surface area contributed by atoms with Gasteiger partial charge in [0.25, 0.3) is 5.91 Å². The van der Waals surface area contributed by atoms with E-state index in [2.05, 4.69) is 10.3 Å². The molecule has 6 nitrogen and oxygen atoms in total. The van der Waals surface area contributed by atoms with Crippen LogP contribution >= 0.6 is 0 Å². The van der Waals surface area contributed by atoms with Crippen LogP contribution < -0.4 is 5.32 Å². The Kier molecular flexibility index (Phi) is 3.26. The maximum Gasteiger partial charge on any atom is 0.255 e. The number of β-amino-alcohol motifs (C(OH)–C–C–N with tert-alkyl or cyclic N) is 1. The van der Waals surface area contributed by atoms with Crippen LogP contribution in [0.25, 0.3) is 0 Å². The number of nitrogens with zero attached hydrogens (tertiary/aromatic N) is 2. The minimum absolute atomic E-state index is 0.0469. The lowest BCUT2D eigenvalue weighted by molar-refractivity contribution is 0.0580. The molecule has 0 aliphatic carbocycles. The number of amides is 1. The van der Waals surface area contributed by atoms with Crippen molar-refractivity contribution in [3.05, 3.63) is 24.0 Å². The highest BCUT2D eigenvalue weighted by Gasteiger charge is 2.31. The molecule has 0 bridgehead atoms. The van der Waals surface area contributed by atoms with Gasteiger partial charge in [-0.25, -0.2) is 0 Å². The standard InChI is InChI=1S/C11H15N3O3/c1-14(9-5-13-6-10(9)16)11(17)7-2-8(15)4-12-3-7/h2-4,9-10,13,15-16H,5-6H2,1H3/t9-,10-/m0/s1. The highest BCUT2D eigenvalue weighted by Crippen LogP contribution is 2.14. The third-order valence-electron chi connectivity index (χ3n) is 2.94. The molecule has 17 heavy (non-hydrogen) atoms. The van der Waals surface area contributed by atoms with Crippen LogP contribution in [0, 0.1) is 0 Å². The van der Waals surface area contributed by atoms with E-state index in [4.69, 9.17) is 0 Å². The van der Waals surface area contributed by atoms with Gasteiger partial charge in [-0.05, 0) is 6.07 Å². The maximum atomic E-state index is 12.1. The molecule has 6 heteroatoms. The average molecular weight is 237 g/mol. The number of aromatic hydroxyl groups is 1. The van der Waals surface area contributed by atoms with Gasteiger partial charge < -0.3 is 20.4 Å². The Morgan fingerprint density at radius 1 is 1.53 bits per heavy atom. The Bertz CT molecular complexity index is 424. The number of aromatic nitrogens is 1. The van der Waals surface area contributed by atoms with E-state index in [0.717, 1.165) is 0 Å². The van der Waals surface area contributed by atoms with E-state index in [1.165, 1.54) is 23.4 Å². The van der Waals surface area contributed by atoms with Crippen molar-refractivity contribution >= 4 is 5.91 Å². The van der Waals surface area contributed by atoms with Crippen LogP contribution in [0.3, 0.4) is 0 Å². The van der Waals surface area contributed by atoms with Crippen LogP contribution in [-0.4, -0.2) is 58.3 Å². The van der Waals surface area contributed by atoms with E-state index < -0.39 is 6.10 Å². The minimum atomic E-state index is -0.561. The molecule has 2 heterocycles. The molecule has 0 aromatic carbocycles.